The normalized spacial score (nSPS) is 11.9. The van der Waals surface area contributed by atoms with Crippen LogP contribution in [-0.4, -0.2) is 38.1 Å². The van der Waals surface area contributed by atoms with E-state index in [-0.39, 0.29) is 18.8 Å². The summed E-state index contributed by atoms with van der Waals surface area (Å²) < 4.78 is 45.0. The van der Waals surface area contributed by atoms with Crippen LogP contribution in [0.4, 0.5) is 0 Å². The Morgan fingerprint density at radius 1 is 0.435 bits per heavy atom. The van der Waals surface area contributed by atoms with E-state index in [1.807, 2.05) is 0 Å². The molecule has 0 atom stereocenters. The minimum atomic E-state index is -4.77. The number of hydrogen-bond donors (Lipinski definition) is 1. The van der Waals surface area contributed by atoms with Crippen molar-refractivity contribution >= 4 is 22.1 Å². The lowest BCUT2D eigenvalue weighted by Crippen LogP contribution is -2.19. The van der Waals surface area contributed by atoms with Crippen LogP contribution in [0, 0.1) is 0 Å². The third-order valence-electron chi connectivity index (χ3n) is 12.0. The van der Waals surface area contributed by atoms with E-state index in [1.165, 1.54) is 205 Å². The van der Waals surface area contributed by atoms with Crippen molar-refractivity contribution in [3.63, 3.8) is 0 Å². The number of unbranched alkanes of at least 4 members (excludes halogenated alkanes) is 34. The third kappa shape index (κ3) is 34.0. The number of esters is 2. The molecule has 1 rings (SSSR count). The molecule has 8 heteroatoms. The second-order valence-electron chi connectivity index (χ2n) is 17.8. The first kappa shape index (κ1) is 57.6. The third-order valence-corrected chi connectivity index (χ3v) is 12.9. The lowest BCUT2D eigenvalue weighted by molar-refractivity contribution is 0.0446. The van der Waals surface area contributed by atoms with E-state index >= 15 is 0 Å². The fraction of sp³-hybridized carbons (Fsp3) is 0.778. The van der Waals surface area contributed by atoms with Crippen molar-refractivity contribution in [3.8, 4) is 0 Å². The summed E-state index contributed by atoms with van der Waals surface area (Å²) in [5.74, 6) is -1.74. The Kier molecular flexibility index (Phi) is 39.5. The molecule has 0 bridgehead atoms. The summed E-state index contributed by atoms with van der Waals surface area (Å²) in [5.41, 5.74) is -0.673. The van der Waals surface area contributed by atoms with Crippen LogP contribution >= 0.6 is 0 Å². The molecular formula is C54H94O7S. The average molecular weight is 887 g/mol. The zero-order valence-corrected chi connectivity index (χ0v) is 40.9. The van der Waals surface area contributed by atoms with Gasteiger partial charge < -0.3 is 9.47 Å². The van der Waals surface area contributed by atoms with Gasteiger partial charge in [-0.25, -0.2) is 9.59 Å². The van der Waals surface area contributed by atoms with Gasteiger partial charge in [0.2, 0.25) is 0 Å². The van der Waals surface area contributed by atoms with Crippen molar-refractivity contribution in [3.05, 3.63) is 53.6 Å². The largest absolute Gasteiger partial charge is 0.462 e. The van der Waals surface area contributed by atoms with Crippen LogP contribution < -0.4 is 0 Å². The van der Waals surface area contributed by atoms with Crippen LogP contribution in [0.3, 0.4) is 0 Å². The molecule has 0 aliphatic carbocycles. The maximum atomic E-state index is 13.1. The fourth-order valence-electron chi connectivity index (χ4n) is 8.07. The molecule has 0 aliphatic rings. The summed E-state index contributed by atoms with van der Waals surface area (Å²) >= 11 is 0. The van der Waals surface area contributed by atoms with Crippen molar-refractivity contribution in [1.29, 1.82) is 0 Å². The van der Waals surface area contributed by atoms with E-state index in [9.17, 15) is 22.6 Å². The molecule has 0 radical (unpaired) electrons. The van der Waals surface area contributed by atoms with Gasteiger partial charge >= 0.3 is 11.9 Å². The summed E-state index contributed by atoms with van der Waals surface area (Å²) in [6.07, 6.45) is 56.3. The number of benzene rings is 1. The lowest BCUT2D eigenvalue weighted by Gasteiger charge is -2.13. The first-order valence-corrected chi connectivity index (χ1v) is 27.5. The number of carbonyl (C=O) groups excluding carboxylic acids is 2. The van der Waals surface area contributed by atoms with E-state index < -0.39 is 32.5 Å². The lowest BCUT2D eigenvalue weighted by atomic mass is 10.1. The first-order valence-electron chi connectivity index (χ1n) is 26.1. The van der Waals surface area contributed by atoms with E-state index in [2.05, 4.69) is 38.2 Å². The zero-order chi connectivity index (χ0) is 45.0. The van der Waals surface area contributed by atoms with Gasteiger partial charge in [-0.05, 0) is 76.3 Å². The molecule has 0 aromatic heterocycles. The molecular weight excluding hydrogens is 793 g/mol. The van der Waals surface area contributed by atoms with Gasteiger partial charge in [-0.2, -0.15) is 8.42 Å². The highest BCUT2D eigenvalue weighted by Gasteiger charge is 2.28. The summed E-state index contributed by atoms with van der Waals surface area (Å²) in [7, 11) is -4.77. The number of carbonyl (C=O) groups is 2. The first-order chi connectivity index (χ1) is 30.3. The molecule has 0 amide bonds. The smallest absolute Gasteiger partial charge is 0.340 e. The van der Waals surface area contributed by atoms with Crippen LogP contribution in [0.1, 0.15) is 279 Å². The second kappa shape index (κ2) is 42.5. The molecule has 0 spiro atoms. The van der Waals surface area contributed by atoms with Crippen molar-refractivity contribution in [2.45, 2.75) is 263 Å². The van der Waals surface area contributed by atoms with E-state index in [0.717, 1.165) is 44.6 Å². The Balaban J connectivity index is 2.14. The van der Waals surface area contributed by atoms with E-state index in [4.69, 9.17) is 9.47 Å². The minimum Gasteiger partial charge on any atom is -0.462 e. The van der Waals surface area contributed by atoms with Crippen molar-refractivity contribution in [1.82, 2.24) is 0 Å². The highest BCUT2D eigenvalue weighted by molar-refractivity contribution is 7.86. The Labute approximate surface area is 382 Å². The van der Waals surface area contributed by atoms with Gasteiger partial charge in [-0.15, -0.1) is 0 Å². The predicted molar refractivity (Wildman–Crippen MR) is 262 cm³/mol. The molecule has 0 aliphatic heterocycles. The summed E-state index contributed by atoms with van der Waals surface area (Å²) in [6.45, 7) is 4.82. The van der Waals surface area contributed by atoms with Crippen molar-refractivity contribution in [2.24, 2.45) is 0 Å². The van der Waals surface area contributed by atoms with Gasteiger partial charge in [0, 0.05) is 0 Å². The van der Waals surface area contributed by atoms with Crippen LogP contribution in [0.2, 0.25) is 0 Å². The number of ether oxygens (including phenoxy) is 2. The van der Waals surface area contributed by atoms with E-state index in [0.29, 0.717) is 12.8 Å². The van der Waals surface area contributed by atoms with Gasteiger partial charge in [-0.3, -0.25) is 4.55 Å². The predicted octanol–water partition coefficient (Wildman–Crippen LogP) is 17.2. The molecule has 1 N–H and O–H groups in total. The number of hydrogen-bond acceptors (Lipinski definition) is 6. The highest BCUT2D eigenvalue weighted by atomic mass is 32.2. The molecule has 62 heavy (non-hydrogen) atoms. The van der Waals surface area contributed by atoms with Crippen LogP contribution in [0.25, 0.3) is 0 Å². The summed E-state index contributed by atoms with van der Waals surface area (Å²) in [6, 6.07) is 3.77. The molecule has 1 aromatic carbocycles. The highest BCUT2D eigenvalue weighted by Crippen LogP contribution is 2.23. The maximum Gasteiger partial charge on any atom is 0.340 e. The Bertz CT molecular complexity index is 1370. The van der Waals surface area contributed by atoms with Crippen LogP contribution in [0.5, 0.6) is 0 Å². The number of rotatable bonds is 45. The Hall–Kier alpha value is -2.45. The molecule has 0 fully saturated rings. The maximum absolute atomic E-state index is 13.1. The second-order valence-corrected chi connectivity index (χ2v) is 19.2. The molecule has 0 unspecified atom stereocenters. The summed E-state index contributed by atoms with van der Waals surface area (Å²) in [4.78, 5) is 25.5. The molecule has 0 heterocycles. The molecule has 358 valence electrons. The topological polar surface area (TPSA) is 107 Å². The quantitative estimate of drug-likeness (QED) is 0.0301. The van der Waals surface area contributed by atoms with Gasteiger partial charge in [-0.1, -0.05) is 224 Å². The van der Waals surface area contributed by atoms with Crippen LogP contribution in [0.15, 0.2) is 47.4 Å². The molecule has 1 aromatic rings. The minimum absolute atomic E-state index is 0.108. The average Bonchev–Trinajstić information content (AvgIpc) is 3.26. The molecule has 0 saturated heterocycles. The van der Waals surface area contributed by atoms with Crippen molar-refractivity contribution < 1.29 is 32.0 Å². The van der Waals surface area contributed by atoms with Gasteiger partial charge in [0.05, 0.1) is 24.3 Å². The number of allylic oxidation sites excluding steroid dienone is 4. The Morgan fingerprint density at radius 3 is 1.05 bits per heavy atom. The van der Waals surface area contributed by atoms with Gasteiger partial charge in [0.25, 0.3) is 10.1 Å². The van der Waals surface area contributed by atoms with Crippen LogP contribution in [-0.2, 0) is 19.6 Å². The SMILES string of the molecule is CCCCCCCCCC/C=C/CCCCCCCCCCCOC(=O)c1cccc(S(=O)(=O)O)c1C(=O)OCCCCCCCCCCC/C=C/CCCCCCCCCC. The van der Waals surface area contributed by atoms with Gasteiger partial charge in [0.1, 0.15) is 4.90 Å². The zero-order valence-electron chi connectivity index (χ0n) is 40.1. The van der Waals surface area contributed by atoms with Gasteiger partial charge in [0.15, 0.2) is 0 Å². The standard InChI is InChI=1S/C54H94O7S/c1-3-5-7-9-11-13-15-17-19-21-23-25-27-29-31-33-35-37-39-41-43-48-60-53(55)50-46-45-47-51(62(57,58)59)52(50)54(56)61-49-44-42-40-38-36-34-32-30-28-26-24-22-20-18-16-14-12-10-8-6-4-2/h21-24,45-47H,3-20,25-44,48-49H2,1-2H3,(H,57,58,59)/b23-21+,24-22+. The molecule has 0 saturated carbocycles. The fourth-order valence-corrected chi connectivity index (χ4v) is 8.78. The van der Waals surface area contributed by atoms with E-state index in [1.54, 1.807) is 0 Å². The van der Waals surface area contributed by atoms with Crippen molar-refractivity contribution in [2.75, 3.05) is 13.2 Å². The monoisotopic (exact) mass is 887 g/mol. The Morgan fingerprint density at radius 2 is 0.726 bits per heavy atom. The summed E-state index contributed by atoms with van der Waals surface area (Å²) in [5, 5.41) is 0. The molecule has 7 nitrogen and oxygen atoms in total.